The summed E-state index contributed by atoms with van der Waals surface area (Å²) in [5.41, 5.74) is 2.30. The Morgan fingerprint density at radius 2 is 1.87 bits per heavy atom. The second-order valence-electron chi connectivity index (χ2n) is 6.52. The number of rotatable bonds is 4. The third-order valence-electron chi connectivity index (χ3n) is 4.34. The Morgan fingerprint density at radius 3 is 2.42 bits per heavy atom. The maximum absolute atomic E-state index is 13.4. The zero-order valence-corrected chi connectivity index (χ0v) is 18.0. The molecule has 6 nitrogen and oxygen atoms in total. The van der Waals surface area contributed by atoms with Crippen LogP contribution in [0.15, 0.2) is 58.4 Å². The standard InChI is InChI=1S/C19H12ClF3N4O2S2/c1-31(28,29)12-3-5-18(24-8-12)27-16(7-17(26-27)19(21,22)23)13-4-2-11(6-14(13)20)15-9-30-10-25-15/h2-10H,1H3. The van der Waals surface area contributed by atoms with Gasteiger partial charge in [0.25, 0.3) is 0 Å². The molecule has 0 aliphatic carbocycles. The van der Waals surface area contributed by atoms with Gasteiger partial charge in [0.2, 0.25) is 0 Å². The van der Waals surface area contributed by atoms with E-state index in [-0.39, 0.29) is 21.4 Å². The second kappa shape index (κ2) is 7.74. The summed E-state index contributed by atoms with van der Waals surface area (Å²) in [5, 5.41) is 5.67. The van der Waals surface area contributed by atoms with Crippen molar-refractivity contribution in [2.75, 3.05) is 6.26 Å². The highest BCUT2D eigenvalue weighted by Gasteiger charge is 2.35. The Bertz CT molecular complexity index is 1350. The minimum absolute atomic E-state index is 0.0116. The van der Waals surface area contributed by atoms with Crippen LogP contribution in [-0.2, 0) is 16.0 Å². The summed E-state index contributed by atoms with van der Waals surface area (Å²) in [6, 6.07) is 8.29. The van der Waals surface area contributed by atoms with E-state index < -0.39 is 21.7 Å². The third kappa shape index (κ3) is 4.34. The van der Waals surface area contributed by atoms with Crippen molar-refractivity contribution >= 4 is 32.8 Å². The van der Waals surface area contributed by atoms with Gasteiger partial charge in [0.05, 0.1) is 26.8 Å². The molecular weight excluding hydrogens is 473 g/mol. The molecule has 0 atom stereocenters. The van der Waals surface area contributed by atoms with E-state index in [0.717, 1.165) is 23.2 Å². The number of hydrogen-bond donors (Lipinski definition) is 0. The predicted octanol–water partition coefficient (Wildman–Crippen LogP) is 5.13. The Balaban J connectivity index is 1.85. The Morgan fingerprint density at radius 1 is 1.10 bits per heavy atom. The van der Waals surface area contributed by atoms with Crippen LogP contribution in [0, 0.1) is 0 Å². The molecule has 0 aliphatic rings. The quantitative estimate of drug-likeness (QED) is 0.401. The molecule has 0 unspecified atom stereocenters. The zero-order chi connectivity index (χ0) is 22.4. The molecule has 3 aromatic heterocycles. The molecule has 4 aromatic rings. The van der Waals surface area contributed by atoms with Crippen molar-refractivity contribution in [3.05, 3.63) is 64.2 Å². The van der Waals surface area contributed by atoms with Gasteiger partial charge in [-0.3, -0.25) is 0 Å². The first-order valence-corrected chi connectivity index (χ1v) is 11.8. The van der Waals surface area contributed by atoms with Crippen molar-refractivity contribution in [1.82, 2.24) is 19.7 Å². The average Bonchev–Trinajstić information content (AvgIpc) is 3.37. The molecule has 1 aromatic carbocycles. The molecule has 160 valence electrons. The Kier molecular flexibility index (Phi) is 5.36. The SMILES string of the molecule is CS(=O)(=O)c1ccc(-n2nc(C(F)(F)F)cc2-c2ccc(-c3cscn3)cc2Cl)nc1. The van der Waals surface area contributed by atoms with Crippen LogP contribution in [0.25, 0.3) is 28.3 Å². The fourth-order valence-corrected chi connectivity index (χ4v) is 4.24. The lowest BCUT2D eigenvalue weighted by Gasteiger charge is -2.10. The van der Waals surface area contributed by atoms with Gasteiger partial charge in [0, 0.05) is 29.0 Å². The molecule has 0 saturated carbocycles. The van der Waals surface area contributed by atoms with Crippen molar-refractivity contribution in [3.63, 3.8) is 0 Å². The van der Waals surface area contributed by atoms with Crippen LogP contribution in [-0.4, -0.2) is 34.4 Å². The molecule has 31 heavy (non-hydrogen) atoms. The second-order valence-corrected chi connectivity index (χ2v) is 9.66. The van der Waals surface area contributed by atoms with E-state index >= 15 is 0 Å². The van der Waals surface area contributed by atoms with E-state index in [1.54, 1.807) is 23.7 Å². The lowest BCUT2D eigenvalue weighted by atomic mass is 10.1. The fraction of sp³-hybridized carbons (Fsp3) is 0.105. The molecule has 3 heterocycles. The number of benzene rings is 1. The number of aromatic nitrogens is 4. The molecule has 0 spiro atoms. The first-order valence-electron chi connectivity index (χ1n) is 8.56. The molecule has 0 saturated heterocycles. The lowest BCUT2D eigenvalue weighted by molar-refractivity contribution is -0.141. The van der Waals surface area contributed by atoms with Crippen LogP contribution < -0.4 is 0 Å². The van der Waals surface area contributed by atoms with Crippen molar-refractivity contribution in [2.45, 2.75) is 11.1 Å². The molecular formula is C19H12ClF3N4O2S2. The summed E-state index contributed by atoms with van der Waals surface area (Å²) in [7, 11) is -3.51. The van der Waals surface area contributed by atoms with Gasteiger partial charge in [0.1, 0.15) is 0 Å². The van der Waals surface area contributed by atoms with Gasteiger partial charge in [-0.1, -0.05) is 23.7 Å². The van der Waals surface area contributed by atoms with Crippen molar-refractivity contribution in [2.24, 2.45) is 0 Å². The van der Waals surface area contributed by atoms with E-state index in [2.05, 4.69) is 15.1 Å². The van der Waals surface area contributed by atoms with Crippen LogP contribution in [0.4, 0.5) is 13.2 Å². The summed E-state index contributed by atoms with van der Waals surface area (Å²) >= 11 is 7.81. The summed E-state index contributed by atoms with van der Waals surface area (Å²) in [6.07, 6.45) is -2.62. The minimum Gasteiger partial charge on any atom is -0.245 e. The molecule has 12 heteroatoms. The van der Waals surface area contributed by atoms with Crippen LogP contribution >= 0.6 is 22.9 Å². The summed E-state index contributed by atoms with van der Waals surface area (Å²) in [6.45, 7) is 0. The first kappa shape index (κ1) is 21.5. The number of pyridine rings is 1. The topological polar surface area (TPSA) is 77.7 Å². The molecule has 4 rings (SSSR count). The number of hydrogen-bond acceptors (Lipinski definition) is 6. The predicted molar refractivity (Wildman–Crippen MR) is 111 cm³/mol. The fourth-order valence-electron chi connectivity index (χ4n) is 2.84. The maximum Gasteiger partial charge on any atom is 0.435 e. The highest BCUT2D eigenvalue weighted by molar-refractivity contribution is 7.90. The van der Waals surface area contributed by atoms with E-state index in [1.165, 1.54) is 23.5 Å². The minimum atomic E-state index is -4.69. The summed E-state index contributed by atoms with van der Waals surface area (Å²) in [4.78, 5) is 8.12. The number of halogens is 4. The Labute approximate surface area is 183 Å². The van der Waals surface area contributed by atoms with Gasteiger partial charge in [0.15, 0.2) is 21.3 Å². The average molecular weight is 485 g/mol. The lowest BCUT2D eigenvalue weighted by Crippen LogP contribution is -2.08. The molecule has 0 N–H and O–H groups in total. The number of thiazole rings is 1. The molecule has 0 fully saturated rings. The monoisotopic (exact) mass is 484 g/mol. The summed E-state index contributed by atoms with van der Waals surface area (Å²) < 4.78 is 64.4. The smallest absolute Gasteiger partial charge is 0.245 e. The maximum atomic E-state index is 13.4. The Hall–Kier alpha value is -2.76. The number of nitrogens with zero attached hydrogens (tertiary/aromatic N) is 4. The third-order valence-corrected chi connectivity index (χ3v) is 6.34. The van der Waals surface area contributed by atoms with Crippen LogP contribution in [0.5, 0.6) is 0 Å². The van der Waals surface area contributed by atoms with Gasteiger partial charge in [-0.25, -0.2) is 23.1 Å². The largest absolute Gasteiger partial charge is 0.435 e. The number of alkyl halides is 3. The van der Waals surface area contributed by atoms with E-state index in [9.17, 15) is 21.6 Å². The van der Waals surface area contributed by atoms with Crippen molar-refractivity contribution in [1.29, 1.82) is 0 Å². The van der Waals surface area contributed by atoms with Gasteiger partial charge in [-0.15, -0.1) is 11.3 Å². The van der Waals surface area contributed by atoms with Gasteiger partial charge in [-0.05, 0) is 24.3 Å². The van der Waals surface area contributed by atoms with Gasteiger partial charge in [-0.2, -0.15) is 18.3 Å². The number of sulfone groups is 1. The summed E-state index contributed by atoms with van der Waals surface area (Å²) in [5.74, 6) is 0.0116. The van der Waals surface area contributed by atoms with Crippen LogP contribution in [0.3, 0.4) is 0 Å². The van der Waals surface area contributed by atoms with Gasteiger partial charge < -0.3 is 0 Å². The van der Waals surface area contributed by atoms with Gasteiger partial charge >= 0.3 is 6.18 Å². The van der Waals surface area contributed by atoms with Crippen LogP contribution in [0.1, 0.15) is 5.69 Å². The van der Waals surface area contributed by atoms with E-state index in [0.29, 0.717) is 16.8 Å². The van der Waals surface area contributed by atoms with Crippen molar-refractivity contribution < 1.29 is 21.6 Å². The highest BCUT2D eigenvalue weighted by atomic mass is 35.5. The zero-order valence-electron chi connectivity index (χ0n) is 15.6. The molecule has 0 aliphatic heterocycles. The highest BCUT2D eigenvalue weighted by Crippen LogP contribution is 2.37. The molecule has 0 bridgehead atoms. The normalized spacial score (nSPS) is 12.3. The first-order chi connectivity index (χ1) is 14.5. The van der Waals surface area contributed by atoms with E-state index in [1.807, 2.05) is 5.38 Å². The molecule has 0 radical (unpaired) electrons. The van der Waals surface area contributed by atoms with E-state index in [4.69, 9.17) is 11.6 Å². The molecule has 0 amide bonds. The van der Waals surface area contributed by atoms with Crippen molar-refractivity contribution in [3.8, 4) is 28.3 Å². The van der Waals surface area contributed by atoms with Crippen LogP contribution in [0.2, 0.25) is 5.02 Å².